The first-order chi connectivity index (χ1) is 13.0. The first-order valence-corrected chi connectivity index (χ1v) is 8.72. The Kier molecular flexibility index (Phi) is 4.49. The maximum atomic E-state index is 14.3. The van der Waals surface area contributed by atoms with Crippen LogP contribution in [0.25, 0.3) is 22.4 Å². The number of nitrogens with zero attached hydrogens (tertiary/aromatic N) is 4. The van der Waals surface area contributed by atoms with E-state index >= 15 is 0 Å². The van der Waals surface area contributed by atoms with Gasteiger partial charge in [-0.2, -0.15) is 5.10 Å². The first-order valence-electron chi connectivity index (χ1n) is 8.34. The van der Waals surface area contributed by atoms with Gasteiger partial charge in [0.1, 0.15) is 22.6 Å². The Bertz CT molecular complexity index is 1100. The van der Waals surface area contributed by atoms with Crippen molar-refractivity contribution in [1.82, 2.24) is 19.7 Å². The number of rotatable bonds is 4. The monoisotopic (exact) mass is 382 g/mol. The van der Waals surface area contributed by atoms with Gasteiger partial charge in [-0.3, -0.25) is 4.68 Å². The summed E-state index contributed by atoms with van der Waals surface area (Å²) in [6.07, 6.45) is 1.78. The number of hydrogen-bond donors (Lipinski definition) is 0. The van der Waals surface area contributed by atoms with Crippen molar-refractivity contribution >= 4 is 22.6 Å². The Morgan fingerprint density at radius 1 is 1.11 bits per heavy atom. The Labute approximate surface area is 160 Å². The van der Waals surface area contributed by atoms with E-state index < -0.39 is 0 Å². The lowest BCUT2D eigenvalue weighted by Crippen LogP contribution is -1.99. The zero-order valence-corrected chi connectivity index (χ0v) is 15.5. The fourth-order valence-corrected chi connectivity index (χ4v) is 3.17. The molecule has 7 heteroatoms. The van der Waals surface area contributed by atoms with Gasteiger partial charge in [0.15, 0.2) is 11.0 Å². The highest BCUT2D eigenvalue weighted by Crippen LogP contribution is 2.28. The van der Waals surface area contributed by atoms with Crippen LogP contribution in [0.15, 0.2) is 48.7 Å². The van der Waals surface area contributed by atoms with Crippen LogP contribution in [-0.2, 0) is 6.54 Å². The molecule has 0 aliphatic heterocycles. The van der Waals surface area contributed by atoms with Crippen molar-refractivity contribution in [1.29, 1.82) is 0 Å². The molecule has 0 saturated heterocycles. The van der Waals surface area contributed by atoms with Gasteiger partial charge in [-0.15, -0.1) is 0 Å². The van der Waals surface area contributed by atoms with E-state index in [1.54, 1.807) is 24.1 Å². The molecule has 2 aromatic heterocycles. The highest BCUT2D eigenvalue weighted by Gasteiger charge is 2.16. The van der Waals surface area contributed by atoms with Crippen molar-refractivity contribution in [3.05, 3.63) is 70.8 Å². The zero-order valence-electron chi connectivity index (χ0n) is 14.8. The van der Waals surface area contributed by atoms with Crippen LogP contribution in [0.1, 0.15) is 11.1 Å². The average Bonchev–Trinajstić information content (AvgIpc) is 3.05. The van der Waals surface area contributed by atoms with Gasteiger partial charge in [0.25, 0.3) is 0 Å². The van der Waals surface area contributed by atoms with E-state index in [-0.39, 0.29) is 16.8 Å². The van der Waals surface area contributed by atoms with E-state index in [1.807, 2.05) is 37.3 Å². The lowest BCUT2D eigenvalue weighted by Gasteiger charge is -2.06. The molecular formula is C20H16ClFN4O. The quantitative estimate of drug-likeness (QED) is 0.482. The van der Waals surface area contributed by atoms with Crippen molar-refractivity contribution in [2.75, 3.05) is 7.11 Å². The number of benzene rings is 2. The van der Waals surface area contributed by atoms with E-state index in [0.717, 1.165) is 16.9 Å². The maximum Gasteiger partial charge on any atom is 0.164 e. The second kappa shape index (κ2) is 6.96. The molecule has 4 aromatic rings. The van der Waals surface area contributed by atoms with Gasteiger partial charge in [-0.1, -0.05) is 35.9 Å². The van der Waals surface area contributed by atoms with Crippen LogP contribution in [0.2, 0.25) is 5.15 Å². The number of halogens is 2. The predicted octanol–water partition coefficient (Wildman–Crippen LogP) is 4.65. The summed E-state index contributed by atoms with van der Waals surface area (Å²) in [6, 6.07) is 12.6. The standard InChI is InChI=1S/C20H16ClFN4O/c1-12-4-3-5-15(22)17(12)20-23-16-11-26(25-18(16)19(21)24-20)10-13-6-8-14(27-2)9-7-13/h3-9,11H,10H2,1-2H3. The summed E-state index contributed by atoms with van der Waals surface area (Å²) in [5.74, 6) is 0.673. The topological polar surface area (TPSA) is 52.8 Å². The molecular weight excluding hydrogens is 367 g/mol. The summed E-state index contributed by atoms with van der Waals surface area (Å²) in [5, 5.41) is 4.66. The summed E-state index contributed by atoms with van der Waals surface area (Å²) in [6.45, 7) is 2.36. The second-order valence-electron chi connectivity index (χ2n) is 6.18. The third-order valence-corrected chi connectivity index (χ3v) is 4.58. The molecule has 0 fully saturated rings. The van der Waals surface area contributed by atoms with Crippen LogP contribution >= 0.6 is 11.6 Å². The Balaban J connectivity index is 1.73. The van der Waals surface area contributed by atoms with Crippen molar-refractivity contribution in [2.24, 2.45) is 0 Å². The van der Waals surface area contributed by atoms with Crippen molar-refractivity contribution in [3.8, 4) is 17.1 Å². The van der Waals surface area contributed by atoms with Gasteiger partial charge >= 0.3 is 0 Å². The van der Waals surface area contributed by atoms with Crippen LogP contribution in [0, 0.1) is 12.7 Å². The second-order valence-corrected chi connectivity index (χ2v) is 6.54. The minimum atomic E-state index is -0.379. The summed E-state index contributed by atoms with van der Waals surface area (Å²) in [7, 11) is 1.63. The van der Waals surface area contributed by atoms with Gasteiger partial charge in [0.2, 0.25) is 0 Å². The van der Waals surface area contributed by atoms with Crippen LogP contribution in [0.4, 0.5) is 4.39 Å². The van der Waals surface area contributed by atoms with E-state index in [0.29, 0.717) is 23.1 Å². The Morgan fingerprint density at radius 3 is 2.59 bits per heavy atom. The van der Waals surface area contributed by atoms with Crippen LogP contribution in [0.5, 0.6) is 5.75 Å². The number of aromatic nitrogens is 4. The Morgan fingerprint density at radius 2 is 1.89 bits per heavy atom. The van der Waals surface area contributed by atoms with Gasteiger partial charge in [-0.25, -0.2) is 14.4 Å². The van der Waals surface area contributed by atoms with Crippen molar-refractivity contribution in [3.63, 3.8) is 0 Å². The zero-order chi connectivity index (χ0) is 19.0. The smallest absolute Gasteiger partial charge is 0.164 e. The minimum Gasteiger partial charge on any atom is -0.497 e. The summed E-state index contributed by atoms with van der Waals surface area (Å²) < 4.78 is 21.2. The number of aryl methyl sites for hydroxylation is 1. The normalized spacial score (nSPS) is 11.1. The van der Waals surface area contributed by atoms with Crippen LogP contribution in [0.3, 0.4) is 0 Å². The lowest BCUT2D eigenvalue weighted by molar-refractivity contribution is 0.414. The molecule has 0 bridgehead atoms. The fourth-order valence-electron chi connectivity index (χ4n) is 2.95. The van der Waals surface area contributed by atoms with Crippen molar-refractivity contribution < 1.29 is 9.13 Å². The molecule has 4 rings (SSSR count). The molecule has 0 spiro atoms. The summed E-state index contributed by atoms with van der Waals surface area (Å²) >= 11 is 6.31. The van der Waals surface area contributed by atoms with Crippen LogP contribution in [-0.4, -0.2) is 26.9 Å². The SMILES string of the molecule is COc1ccc(Cn2cc3nc(-c4c(C)cccc4F)nc(Cl)c3n2)cc1. The average molecular weight is 383 g/mol. The molecule has 2 heterocycles. The highest BCUT2D eigenvalue weighted by molar-refractivity contribution is 6.33. The van der Waals surface area contributed by atoms with E-state index in [2.05, 4.69) is 15.1 Å². The third-order valence-electron chi connectivity index (χ3n) is 4.32. The predicted molar refractivity (Wildman–Crippen MR) is 103 cm³/mol. The molecule has 0 aliphatic rings. The van der Waals surface area contributed by atoms with E-state index in [9.17, 15) is 4.39 Å². The first kappa shape index (κ1) is 17.4. The van der Waals surface area contributed by atoms with Crippen molar-refractivity contribution in [2.45, 2.75) is 13.5 Å². The molecule has 136 valence electrons. The molecule has 0 unspecified atom stereocenters. The molecule has 0 atom stereocenters. The van der Waals surface area contributed by atoms with Crippen LogP contribution < -0.4 is 4.74 Å². The minimum absolute atomic E-state index is 0.200. The summed E-state index contributed by atoms with van der Waals surface area (Å²) in [4.78, 5) is 8.74. The summed E-state index contributed by atoms with van der Waals surface area (Å²) in [5.41, 5.74) is 3.21. The van der Waals surface area contributed by atoms with E-state index in [1.165, 1.54) is 6.07 Å². The molecule has 0 N–H and O–H groups in total. The van der Waals surface area contributed by atoms with E-state index in [4.69, 9.17) is 16.3 Å². The van der Waals surface area contributed by atoms with Gasteiger partial charge in [0.05, 0.1) is 25.4 Å². The molecule has 27 heavy (non-hydrogen) atoms. The third kappa shape index (κ3) is 3.36. The molecule has 5 nitrogen and oxygen atoms in total. The lowest BCUT2D eigenvalue weighted by atomic mass is 10.1. The number of fused-ring (bicyclic) bond motifs is 1. The molecule has 0 radical (unpaired) electrons. The molecule has 0 amide bonds. The number of methoxy groups -OCH3 is 1. The molecule has 0 saturated carbocycles. The number of hydrogen-bond acceptors (Lipinski definition) is 4. The van der Waals surface area contributed by atoms with Gasteiger partial charge in [-0.05, 0) is 36.2 Å². The number of ether oxygens (including phenoxy) is 1. The highest BCUT2D eigenvalue weighted by atomic mass is 35.5. The van der Waals surface area contributed by atoms with Gasteiger partial charge < -0.3 is 4.74 Å². The molecule has 0 aliphatic carbocycles. The Hall–Kier alpha value is -2.99. The van der Waals surface area contributed by atoms with Gasteiger partial charge in [0, 0.05) is 0 Å². The maximum absolute atomic E-state index is 14.3. The molecule has 2 aromatic carbocycles. The largest absolute Gasteiger partial charge is 0.497 e. The fraction of sp³-hybridized carbons (Fsp3) is 0.150.